The van der Waals surface area contributed by atoms with Crippen molar-refractivity contribution in [1.82, 2.24) is 9.97 Å². The van der Waals surface area contributed by atoms with Crippen LogP contribution in [-0.2, 0) is 4.74 Å². The molecule has 122 valence electrons. The quantitative estimate of drug-likeness (QED) is 0.914. The summed E-state index contributed by atoms with van der Waals surface area (Å²) in [5.74, 6) is 0. The van der Waals surface area contributed by atoms with Crippen molar-refractivity contribution in [3.63, 3.8) is 0 Å². The maximum atomic E-state index is 9.35. The normalized spacial score (nSPS) is 20.6. The van der Waals surface area contributed by atoms with E-state index in [1.165, 1.54) is 0 Å². The van der Waals surface area contributed by atoms with Crippen LogP contribution in [0.1, 0.15) is 26.3 Å². The van der Waals surface area contributed by atoms with Crippen molar-refractivity contribution in [2.75, 3.05) is 24.6 Å². The van der Waals surface area contributed by atoms with Crippen LogP contribution in [0.4, 0.5) is 5.69 Å². The second kappa shape index (κ2) is 7.86. The van der Waals surface area contributed by atoms with Crippen LogP contribution in [0.15, 0.2) is 24.5 Å². The van der Waals surface area contributed by atoms with Crippen LogP contribution in [0, 0.1) is 11.3 Å². The van der Waals surface area contributed by atoms with Gasteiger partial charge >= 0.3 is 0 Å². The topological polar surface area (TPSA) is 82.3 Å². The Morgan fingerprint density at radius 1 is 1.26 bits per heavy atom. The summed E-state index contributed by atoms with van der Waals surface area (Å²) in [7, 11) is 0. The summed E-state index contributed by atoms with van der Waals surface area (Å²) < 4.78 is 5.66. The summed E-state index contributed by atoms with van der Waals surface area (Å²) in [6.07, 6.45) is 3.03. The van der Waals surface area contributed by atoms with Crippen LogP contribution >= 0.6 is 0 Å². The third kappa shape index (κ3) is 3.58. The summed E-state index contributed by atoms with van der Waals surface area (Å²) in [4.78, 5) is 10.8. The van der Waals surface area contributed by atoms with Gasteiger partial charge in [0.05, 0.1) is 30.1 Å². The summed E-state index contributed by atoms with van der Waals surface area (Å²) in [6, 6.07) is 5.80. The van der Waals surface area contributed by atoms with Crippen molar-refractivity contribution < 1.29 is 9.84 Å². The molecule has 1 aromatic carbocycles. The molecule has 2 heterocycles. The van der Waals surface area contributed by atoms with E-state index in [1.54, 1.807) is 18.5 Å². The second-order valence-corrected chi connectivity index (χ2v) is 5.15. The maximum Gasteiger partial charge on any atom is 0.113 e. The van der Waals surface area contributed by atoms with E-state index >= 15 is 0 Å². The number of aliphatic hydroxyl groups is 1. The molecule has 2 unspecified atom stereocenters. The lowest BCUT2D eigenvalue weighted by Crippen LogP contribution is -2.48. The van der Waals surface area contributed by atoms with Gasteiger partial charge in [-0.3, -0.25) is 9.97 Å². The third-order valence-electron chi connectivity index (χ3n) is 3.59. The number of nitrogens with zero attached hydrogens (tertiary/aromatic N) is 4. The van der Waals surface area contributed by atoms with Gasteiger partial charge in [0.2, 0.25) is 0 Å². The number of morpholine rings is 1. The monoisotopic (exact) mass is 314 g/mol. The predicted molar refractivity (Wildman–Crippen MR) is 89.2 cm³/mol. The fraction of sp³-hybridized carbons (Fsp3) is 0.471. The fourth-order valence-electron chi connectivity index (χ4n) is 2.73. The molecule has 2 atom stereocenters. The third-order valence-corrected chi connectivity index (χ3v) is 3.59. The zero-order chi connectivity index (χ0) is 16.8. The molecule has 1 aliphatic rings. The Labute approximate surface area is 136 Å². The van der Waals surface area contributed by atoms with Gasteiger partial charge < -0.3 is 14.7 Å². The highest BCUT2D eigenvalue weighted by molar-refractivity contribution is 5.92. The smallest absolute Gasteiger partial charge is 0.113 e. The minimum atomic E-state index is -0.212. The minimum Gasteiger partial charge on any atom is -0.394 e. The number of ether oxygens (including phenoxy) is 1. The first kappa shape index (κ1) is 17.1. The Morgan fingerprint density at radius 3 is 2.61 bits per heavy atom. The molecule has 0 radical (unpaired) electrons. The molecule has 1 saturated heterocycles. The summed E-state index contributed by atoms with van der Waals surface area (Å²) >= 11 is 0. The van der Waals surface area contributed by atoms with Crippen LogP contribution in [0.3, 0.4) is 0 Å². The van der Waals surface area contributed by atoms with Crippen molar-refractivity contribution in [3.8, 4) is 6.07 Å². The lowest BCUT2D eigenvalue weighted by atomic mass is 10.1. The highest BCUT2D eigenvalue weighted by atomic mass is 16.5. The van der Waals surface area contributed by atoms with Crippen molar-refractivity contribution in [2.24, 2.45) is 0 Å². The largest absolute Gasteiger partial charge is 0.394 e. The van der Waals surface area contributed by atoms with Crippen molar-refractivity contribution >= 4 is 16.7 Å². The molecule has 2 aromatic rings. The number of aromatic nitrogens is 2. The van der Waals surface area contributed by atoms with Gasteiger partial charge in [0.15, 0.2) is 0 Å². The molecule has 6 nitrogen and oxygen atoms in total. The van der Waals surface area contributed by atoms with Crippen LogP contribution in [0.5, 0.6) is 0 Å². The van der Waals surface area contributed by atoms with E-state index in [9.17, 15) is 10.4 Å². The van der Waals surface area contributed by atoms with Gasteiger partial charge in [-0.1, -0.05) is 13.8 Å². The molecule has 1 aromatic heterocycles. The Kier molecular flexibility index (Phi) is 5.85. The molecule has 0 amide bonds. The standard InChI is InChI=1S/C15H16N4O2.C2H6/c1-10-7-19(8-12(9-20)21-10)13-3-2-11(6-16)14-15(13)18-5-4-17-14;1-2/h2-5,10,12,20H,7-9H2,1H3;1-2H3. The van der Waals surface area contributed by atoms with Gasteiger partial charge in [-0.2, -0.15) is 5.26 Å². The van der Waals surface area contributed by atoms with E-state index in [2.05, 4.69) is 20.9 Å². The van der Waals surface area contributed by atoms with Crippen LogP contribution in [0.25, 0.3) is 11.0 Å². The average Bonchev–Trinajstić information content (AvgIpc) is 2.61. The molecule has 1 fully saturated rings. The van der Waals surface area contributed by atoms with E-state index in [1.807, 2.05) is 26.8 Å². The van der Waals surface area contributed by atoms with Gasteiger partial charge in [0.1, 0.15) is 17.1 Å². The minimum absolute atomic E-state index is 0.0132. The summed E-state index contributed by atoms with van der Waals surface area (Å²) in [5, 5.41) is 18.5. The van der Waals surface area contributed by atoms with E-state index < -0.39 is 0 Å². The van der Waals surface area contributed by atoms with E-state index in [4.69, 9.17) is 4.74 Å². The average molecular weight is 314 g/mol. The molecule has 0 aliphatic carbocycles. The molecular formula is C17H22N4O2. The van der Waals surface area contributed by atoms with Crippen LogP contribution in [-0.4, -0.2) is 47.0 Å². The number of hydrogen-bond donors (Lipinski definition) is 1. The second-order valence-electron chi connectivity index (χ2n) is 5.15. The zero-order valence-electron chi connectivity index (χ0n) is 13.7. The van der Waals surface area contributed by atoms with Crippen molar-refractivity contribution in [1.29, 1.82) is 5.26 Å². The lowest BCUT2D eigenvalue weighted by Gasteiger charge is -2.37. The first-order chi connectivity index (χ1) is 11.2. The van der Waals surface area contributed by atoms with Gasteiger partial charge in [-0.15, -0.1) is 0 Å². The number of benzene rings is 1. The highest BCUT2D eigenvalue weighted by Gasteiger charge is 2.26. The van der Waals surface area contributed by atoms with Crippen molar-refractivity contribution in [2.45, 2.75) is 33.0 Å². The van der Waals surface area contributed by atoms with Gasteiger partial charge in [0, 0.05) is 25.5 Å². The molecule has 0 bridgehead atoms. The number of fused-ring (bicyclic) bond motifs is 1. The molecule has 0 spiro atoms. The highest BCUT2D eigenvalue weighted by Crippen LogP contribution is 2.28. The summed E-state index contributed by atoms with van der Waals surface area (Å²) in [5.41, 5.74) is 2.76. The zero-order valence-corrected chi connectivity index (χ0v) is 13.7. The number of rotatable bonds is 2. The molecule has 0 saturated carbocycles. The summed E-state index contributed by atoms with van der Waals surface area (Å²) in [6.45, 7) is 7.28. The Morgan fingerprint density at radius 2 is 1.96 bits per heavy atom. The van der Waals surface area contributed by atoms with E-state index in [0.29, 0.717) is 29.7 Å². The van der Waals surface area contributed by atoms with Crippen LogP contribution in [0.2, 0.25) is 0 Å². The first-order valence-electron chi connectivity index (χ1n) is 7.88. The van der Waals surface area contributed by atoms with E-state index in [0.717, 1.165) is 5.69 Å². The molecule has 1 aliphatic heterocycles. The van der Waals surface area contributed by atoms with Gasteiger partial charge in [0.25, 0.3) is 0 Å². The first-order valence-corrected chi connectivity index (χ1v) is 7.88. The molecule has 23 heavy (non-hydrogen) atoms. The lowest BCUT2D eigenvalue weighted by molar-refractivity contribution is -0.0420. The van der Waals surface area contributed by atoms with E-state index in [-0.39, 0.29) is 18.8 Å². The van der Waals surface area contributed by atoms with Crippen LogP contribution < -0.4 is 4.90 Å². The fourth-order valence-corrected chi connectivity index (χ4v) is 2.73. The Balaban J connectivity index is 0.000000924. The number of aliphatic hydroxyl groups excluding tert-OH is 1. The number of nitriles is 1. The Bertz CT molecular complexity index is 699. The Hall–Kier alpha value is -2.23. The van der Waals surface area contributed by atoms with Gasteiger partial charge in [-0.25, -0.2) is 0 Å². The molecule has 1 N–H and O–H groups in total. The SMILES string of the molecule is CC.CC1CN(c2ccc(C#N)c3nccnc23)CC(CO)O1. The number of hydrogen-bond acceptors (Lipinski definition) is 6. The predicted octanol–water partition coefficient (Wildman–Crippen LogP) is 2.11. The number of anilines is 1. The molecule has 6 heteroatoms. The molecule has 3 rings (SSSR count). The maximum absolute atomic E-state index is 9.35. The van der Waals surface area contributed by atoms with Gasteiger partial charge in [-0.05, 0) is 19.1 Å². The van der Waals surface area contributed by atoms with Crippen molar-refractivity contribution in [3.05, 3.63) is 30.1 Å². The molecular weight excluding hydrogens is 292 g/mol.